The molecular formula is C21H30N4O. The van der Waals surface area contributed by atoms with Crippen LogP contribution in [0.15, 0.2) is 36.5 Å². The van der Waals surface area contributed by atoms with Crippen LogP contribution in [0.3, 0.4) is 0 Å². The van der Waals surface area contributed by atoms with E-state index in [1.165, 1.54) is 10.8 Å². The molecule has 2 aliphatic heterocycles. The lowest BCUT2D eigenvalue weighted by Crippen LogP contribution is -2.58. The van der Waals surface area contributed by atoms with Gasteiger partial charge in [-0.25, -0.2) is 4.98 Å². The number of morpholine rings is 1. The highest BCUT2D eigenvalue weighted by molar-refractivity contribution is 5.92. The van der Waals surface area contributed by atoms with Crippen molar-refractivity contribution in [2.45, 2.75) is 19.4 Å². The van der Waals surface area contributed by atoms with Crippen molar-refractivity contribution >= 4 is 16.6 Å². The van der Waals surface area contributed by atoms with Crippen LogP contribution < -0.4 is 4.90 Å². The topological polar surface area (TPSA) is 31.8 Å². The average molecular weight is 354 g/mol. The standard InChI is InChI=1S/C21H30N4O/c1-21(2,25-13-15-26-16-14-25)17-23-9-11-24(12-10-23)20-19-6-4-3-5-18(19)7-8-22-20/h3-8H,9-17H2,1-2H3. The van der Waals surface area contributed by atoms with E-state index in [2.05, 4.69) is 63.9 Å². The van der Waals surface area contributed by atoms with Gasteiger partial charge in [-0.1, -0.05) is 24.3 Å². The molecule has 0 amide bonds. The molecule has 2 fully saturated rings. The van der Waals surface area contributed by atoms with Crippen molar-refractivity contribution in [3.8, 4) is 0 Å². The number of hydrogen-bond donors (Lipinski definition) is 0. The predicted octanol–water partition coefficient (Wildman–Crippen LogP) is 2.47. The summed E-state index contributed by atoms with van der Waals surface area (Å²) >= 11 is 0. The molecule has 0 spiro atoms. The zero-order chi connectivity index (χ0) is 18.0. The number of pyridine rings is 1. The van der Waals surface area contributed by atoms with E-state index in [0.29, 0.717) is 0 Å². The van der Waals surface area contributed by atoms with E-state index in [9.17, 15) is 0 Å². The van der Waals surface area contributed by atoms with Crippen LogP contribution in [0, 0.1) is 0 Å². The predicted molar refractivity (Wildman–Crippen MR) is 107 cm³/mol. The number of piperazine rings is 1. The Morgan fingerprint density at radius 3 is 2.46 bits per heavy atom. The first-order chi connectivity index (χ1) is 12.6. The summed E-state index contributed by atoms with van der Waals surface area (Å²) in [5.41, 5.74) is 0.198. The second-order valence-corrected chi connectivity index (χ2v) is 8.03. The van der Waals surface area contributed by atoms with E-state index >= 15 is 0 Å². The maximum atomic E-state index is 5.51. The number of aromatic nitrogens is 1. The van der Waals surface area contributed by atoms with Gasteiger partial charge in [0.2, 0.25) is 0 Å². The molecular weight excluding hydrogens is 324 g/mol. The van der Waals surface area contributed by atoms with Gasteiger partial charge >= 0.3 is 0 Å². The molecule has 0 radical (unpaired) electrons. The summed E-state index contributed by atoms with van der Waals surface area (Å²) in [6.07, 6.45) is 1.94. The zero-order valence-electron chi connectivity index (χ0n) is 16.0. The first kappa shape index (κ1) is 17.7. The molecule has 5 heteroatoms. The molecule has 0 atom stereocenters. The van der Waals surface area contributed by atoms with E-state index in [-0.39, 0.29) is 5.54 Å². The highest BCUT2D eigenvalue weighted by atomic mass is 16.5. The van der Waals surface area contributed by atoms with Crippen LogP contribution in [0.25, 0.3) is 10.8 Å². The quantitative estimate of drug-likeness (QED) is 0.842. The van der Waals surface area contributed by atoms with Gasteiger partial charge in [-0.05, 0) is 25.3 Å². The minimum Gasteiger partial charge on any atom is -0.379 e. The molecule has 3 heterocycles. The van der Waals surface area contributed by atoms with E-state index in [1.54, 1.807) is 0 Å². The monoisotopic (exact) mass is 354 g/mol. The number of ether oxygens (including phenoxy) is 1. The van der Waals surface area contributed by atoms with Gasteiger partial charge in [0.15, 0.2) is 0 Å². The van der Waals surface area contributed by atoms with Crippen LogP contribution in [-0.4, -0.2) is 79.3 Å². The van der Waals surface area contributed by atoms with Gasteiger partial charge in [0.05, 0.1) is 13.2 Å². The molecule has 2 aromatic rings. The molecule has 1 aromatic heterocycles. The minimum absolute atomic E-state index is 0.198. The lowest BCUT2D eigenvalue weighted by molar-refractivity contribution is -0.0221. The number of nitrogens with zero attached hydrogens (tertiary/aromatic N) is 4. The van der Waals surface area contributed by atoms with Crippen LogP contribution in [0.1, 0.15) is 13.8 Å². The van der Waals surface area contributed by atoms with E-state index < -0.39 is 0 Å². The van der Waals surface area contributed by atoms with Crippen molar-refractivity contribution in [3.05, 3.63) is 36.5 Å². The molecule has 140 valence electrons. The summed E-state index contributed by atoms with van der Waals surface area (Å²) in [6.45, 7) is 14.0. The normalized spacial score (nSPS) is 20.6. The Balaban J connectivity index is 1.39. The van der Waals surface area contributed by atoms with Crippen LogP contribution in [0.5, 0.6) is 0 Å². The first-order valence-corrected chi connectivity index (χ1v) is 9.77. The third-order valence-electron chi connectivity index (χ3n) is 5.80. The van der Waals surface area contributed by atoms with Gasteiger partial charge in [-0.2, -0.15) is 0 Å². The van der Waals surface area contributed by atoms with Gasteiger partial charge in [-0.3, -0.25) is 9.80 Å². The summed E-state index contributed by atoms with van der Waals surface area (Å²) < 4.78 is 5.51. The zero-order valence-corrected chi connectivity index (χ0v) is 16.0. The maximum absolute atomic E-state index is 5.51. The number of benzene rings is 1. The maximum Gasteiger partial charge on any atom is 0.136 e. The van der Waals surface area contributed by atoms with Crippen molar-refractivity contribution in [1.29, 1.82) is 0 Å². The highest BCUT2D eigenvalue weighted by Crippen LogP contribution is 2.26. The smallest absolute Gasteiger partial charge is 0.136 e. The van der Waals surface area contributed by atoms with Gasteiger partial charge in [-0.15, -0.1) is 0 Å². The van der Waals surface area contributed by atoms with Gasteiger partial charge < -0.3 is 9.64 Å². The summed E-state index contributed by atoms with van der Waals surface area (Å²) in [7, 11) is 0. The minimum atomic E-state index is 0.198. The molecule has 0 bridgehead atoms. The third kappa shape index (κ3) is 3.70. The first-order valence-electron chi connectivity index (χ1n) is 9.77. The van der Waals surface area contributed by atoms with Gasteiger partial charge in [0.1, 0.15) is 5.82 Å². The van der Waals surface area contributed by atoms with Crippen molar-refractivity contribution < 1.29 is 4.74 Å². The molecule has 0 saturated carbocycles. The molecule has 0 aliphatic carbocycles. The Labute approximate surface area is 156 Å². The van der Waals surface area contributed by atoms with Crippen molar-refractivity contribution in [1.82, 2.24) is 14.8 Å². The summed E-state index contributed by atoms with van der Waals surface area (Å²) in [5.74, 6) is 1.13. The Bertz CT molecular complexity index is 728. The van der Waals surface area contributed by atoms with Crippen LogP contribution in [0.2, 0.25) is 0 Å². The number of fused-ring (bicyclic) bond motifs is 1. The Morgan fingerprint density at radius 2 is 1.69 bits per heavy atom. The van der Waals surface area contributed by atoms with Gasteiger partial charge in [0.25, 0.3) is 0 Å². The Hall–Kier alpha value is -1.69. The molecule has 2 aliphatic rings. The second kappa shape index (κ2) is 7.51. The largest absolute Gasteiger partial charge is 0.379 e. The van der Waals surface area contributed by atoms with Gasteiger partial charge in [0, 0.05) is 62.9 Å². The van der Waals surface area contributed by atoms with Crippen molar-refractivity contribution in [2.24, 2.45) is 0 Å². The Morgan fingerprint density at radius 1 is 0.962 bits per heavy atom. The molecule has 0 N–H and O–H groups in total. The summed E-state index contributed by atoms with van der Waals surface area (Å²) in [6, 6.07) is 10.7. The van der Waals surface area contributed by atoms with E-state index in [0.717, 1.165) is 64.8 Å². The molecule has 2 saturated heterocycles. The third-order valence-corrected chi connectivity index (χ3v) is 5.80. The van der Waals surface area contributed by atoms with Crippen LogP contribution >= 0.6 is 0 Å². The van der Waals surface area contributed by atoms with E-state index in [1.807, 2.05) is 6.20 Å². The molecule has 0 unspecified atom stereocenters. The molecule has 26 heavy (non-hydrogen) atoms. The lowest BCUT2D eigenvalue weighted by Gasteiger charge is -2.45. The highest BCUT2D eigenvalue weighted by Gasteiger charge is 2.31. The van der Waals surface area contributed by atoms with Crippen LogP contribution in [-0.2, 0) is 4.74 Å². The second-order valence-electron chi connectivity index (χ2n) is 8.03. The molecule has 1 aromatic carbocycles. The fourth-order valence-electron chi connectivity index (χ4n) is 4.29. The Kier molecular flexibility index (Phi) is 5.11. The van der Waals surface area contributed by atoms with E-state index in [4.69, 9.17) is 4.74 Å². The number of hydrogen-bond acceptors (Lipinski definition) is 5. The molecule has 4 rings (SSSR count). The van der Waals surface area contributed by atoms with Crippen LogP contribution in [0.4, 0.5) is 5.82 Å². The SMILES string of the molecule is CC(C)(CN1CCN(c2nccc3ccccc23)CC1)N1CCOCC1. The fourth-order valence-corrected chi connectivity index (χ4v) is 4.29. The van der Waals surface area contributed by atoms with Crippen molar-refractivity contribution in [2.75, 3.05) is 63.9 Å². The molecule has 5 nitrogen and oxygen atoms in total. The lowest BCUT2D eigenvalue weighted by atomic mass is 10.0. The average Bonchev–Trinajstić information content (AvgIpc) is 2.69. The number of rotatable bonds is 4. The number of anilines is 1. The summed E-state index contributed by atoms with van der Waals surface area (Å²) in [4.78, 5) is 12.3. The summed E-state index contributed by atoms with van der Waals surface area (Å²) in [5, 5.41) is 2.53. The fraction of sp³-hybridized carbons (Fsp3) is 0.571. The van der Waals surface area contributed by atoms with Crippen molar-refractivity contribution in [3.63, 3.8) is 0 Å².